The van der Waals surface area contributed by atoms with Crippen LogP contribution in [0, 0.1) is 0 Å². The molecule has 2 aliphatic heterocycles. The lowest BCUT2D eigenvalue weighted by molar-refractivity contribution is -0.113. The fourth-order valence-electron chi connectivity index (χ4n) is 2.25. The zero-order valence-corrected chi connectivity index (χ0v) is 10.0. The van der Waals surface area contributed by atoms with Crippen LogP contribution in [0.5, 0.6) is 0 Å². The quantitative estimate of drug-likeness (QED) is 0.659. The van der Waals surface area contributed by atoms with E-state index in [1.807, 2.05) is 19.9 Å². The van der Waals surface area contributed by atoms with Gasteiger partial charge in [0.1, 0.15) is 0 Å². The molecule has 0 bridgehead atoms. The van der Waals surface area contributed by atoms with Gasteiger partial charge in [0.25, 0.3) is 5.91 Å². The maximum absolute atomic E-state index is 11.4. The Labute approximate surface area is 98.9 Å². The zero-order valence-electron chi connectivity index (χ0n) is 10.0. The van der Waals surface area contributed by atoms with E-state index in [0.29, 0.717) is 0 Å². The Hall–Kier alpha value is -2.03. The van der Waals surface area contributed by atoms with Crippen LogP contribution in [0.1, 0.15) is 26.3 Å². The number of carbonyl (C=O) groups excluding carboxylic acids is 1. The summed E-state index contributed by atoms with van der Waals surface area (Å²) in [4.78, 5) is 19.9. The number of carbonyl (C=O) groups is 1. The van der Waals surface area contributed by atoms with Crippen LogP contribution in [0.15, 0.2) is 28.2 Å². The van der Waals surface area contributed by atoms with Crippen molar-refractivity contribution in [3.63, 3.8) is 0 Å². The standard InChI is InChI=1S/C14H12N2O/c1-7-4-14(17)16-12-6-13-11(5-10(7)12)8(2)9(3)15-13/h4-6H,1-3H3. The van der Waals surface area contributed by atoms with Crippen LogP contribution in [0.3, 0.4) is 0 Å². The van der Waals surface area contributed by atoms with Crippen molar-refractivity contribution in [1.29, 1.82) is 0 Å². The molecular weight excluding hydrogens is 212 g/mol. The molecule has 0 fully saturated rings. The molecule has 3 nitrogen and oxygen atoms in total. The van der Waals surface area contributed by atoms with Gasteiger partial charge in [-0.2, -0.15) is 0 Å². The SMILES string of the molecule is CC1=CC(=O)N=c2cc3c(cc21)=C(C)C(C)=N3. The molecule has 17 heavy (non-hydrogen) atoms. The molecule has 2 heterocycles. The van der Waals surface area contributed by atoms with Crippen molar-refractivity contribution >= 4 is 28.5 Å². The first-order valence-electron chi connectivity index (χ1n) is 5.58. The average molecular weight is 224 g/mol. The summed E-state index contributed by atoms with van der Waals surface area (Å²) in [5.74, 6) is -0.186. The zero-order chi connectivity index (χ0) is 12.2. The molecule has 0 spiro atoms. The van der Waals surface area contributed by atoms with Crippen molar-refractivity contribution in [2.45, 2.75) is 20.8 Å². The summed E-state index contributed by atoms with van der Waals surface area (Å²) in [6.45, 7) is 6.01. The minimum absolute atomic E-state index is 0.186. The fraction of sp³-hybridized carbons (Fsp3) is 0.214. The van der Waals surface area contributed by atoms with E-state index in [1.54, 1.807) is 6.08 Å². The van der Waals surface area contributed by atoms with Crippen LogP contribution in [0.2, 0.25) is 0 Å². The van der Waals surface area contributed by atoms with Crippen LogP contribution in [-0.4, -0.2) is 11.6 Å². The van der Waals surface area contributed by atoms with Gasteiger partial charge in [-0.25, -0.2) is 4.99 Å². The van der Waals surface area contributed by atoms with E-state index in [0.717, 1.165) is 33.1 Å². The van der Waals surface area contributed by atoms with Crippen molar-refractivity contribution in [2.24, 2.45) is 9.98 Å². The van der Waals surface area contributed by atoms with E-state index >= 15 is 0 Å². The van der Waals surface area contributed by atoms with Gasteiger partial charge >= 0.3 is 0 Å². The van der Waals surface area contributed by atoms with Gasteiger partial charge in [-0.05, 0) is 44.1 Å². The van der Waals surface area contributed by atoms with Gasteiger partial charge in [-0.15, -0.1) is 0 Å². The third-order valence-corrected chi connectivity index (χ3v) is 3.34. The van der Waals surface area contributed by atoms with Gasteiger partial charge in [-0.3, -0.25) is 9.79 Å². The van der Waals surface area contributed by atoms with Gasteiger partial charge in [0, 0.05) is 22.6 Å². The number of fused-ring (bicyclic) bond motifs is 2. The highest BCUT2D eigenvalue weighted by Crippen LogP contribution is 2.19. The molecule has 1 aromatic rings. The Morgan fingerprint density at radius 2 is 1.82 bits per heavy atom. The molecule has 3 heteroatoms. The molecule has 84 valence electrons. The summed E-state index contributed by atoms with van der Waals surface area (Å²) in [6.07, 6.45) is 1.58. The Morgan fingerprint density at radius 3 is 2.59 bits per heavy atom. The summed E-state index contributed by atoms with van der Waals surface area (Å²) in [5.41, 5.74) is 5.17. The Kier molecular flexibility index (Phi) is 1.93. The number of allylic oxidation sites excluding steroid dienone is 1. The van der Waals surface area contributed by atoms with E-state index in [4.69, 9.17) is 0 Å². The molecule has 0 saturated carbocycles. The van der Waals surface area contributed by atoms with Gasteiger partial charge < -0.3 is 0 Å². The molecule has 0 unspecified atom stereocenters. The first kappa shape index (κ1) is 10.1. The number of hydrogen-bond donors (Lipinski definition) is 0. The van der Waals surface area contributed by atoms with E-state index in [-0.39, 0.29) is 5.91 Å². The number of amides is 1. The smallest absolute Gasteiger partial charge is 0.267 e. The lowest BCUT2D eigenvalue weighted by Crippen LogP contribution is -2.19. The van der Waals surface area contributed by atoms with Crippen LogP contribution < -0.4 is 10.6 Å². The fourth-order valence-corrected chi connectivity index (χ4v) is 2.25. The molecule has 1 aromatic carbocycles. The van der Waals surface area contributed by atoms with Crippen molar-refractivity contribution in [2.75, 3.05) is 0 Å². The maximum atomic E-state index is 11.4. The minimum Gasteiger partial charge on any atom is -0.267 e. The molecule has 0 saturated heterocycles. The topological polar surface area (TPSA) is 41.8 Å². The van der Waals surface area contributed by atoms with Crippen molar-refractivity contribution in [3.8, 4) is 0 Å². The highest BCUT2D eigenvalue weighted by molar-refractivity contribution is 6.20. The number of benzene rings is 1. The Morgan fingerprint density at radius 1 is 1.06 bits per heavy atom. The van der Waals surface area contributed by atoms with Crippen LogP contribution in [0.25, 0.3) is 11.1 Å². The van der Waals surface area contributed by atoms with Crippen molar-refractivity contribution < 1.29 is 4.79 Å². The molecule has 3 rings (SSSR count). The lowest BCUT2D eigenvalue weighted by Gasteiger charge is -2.07. The molecule has 0 aliphatic carbocycles. The first-order valence-corrected chi connectivity index (χ1v) is 5.58. The second-order valence-corrected chi connectivity index (χ2v) is 4.49. The first-order chi connectivity index (χ1) is 8.06. The van der Waals surface area contributed by atoms with Gasteiger partial charge in [-0.1, -0.05) is 0 Å². The van der Waals surface area contributed by atoms with Crippen LogP contribution in [-0.2, 0) is 4.79 Å². The number of aliphatic imine (C=N–C) groups is 1. The van der Waals surface area contributed by atoms with E-state index in [1.165, 1.54) is 5.57 Å². The predicted octanol–water partition coefficient (Wildman–Crippen LogP) is 1.53. The molecule has 0 radical (unpaired) electrons. The van der Waals surface area contributed by atoms with Gasteiger partial charge in [0.05, 0.1) is 11.0 Å². The van der Waals surface area contributed by atoms with E-state index in [2.05, 4.69) is 23.0 Å². The summed E-state index contributed by atoms with van der Waals surface area (Å²) in [5, 5.41) is 1.89. The summed E-state index contributed by atoms with van der Waals surface area (Å²) in [7, 11) is 0. The molecule has 0 N–H and O–H groups in total. The normalized spacial score (nSPS) is 17.1. The number of rotatable bonds is 0. The van der Waals surface area contributed by atoms with E-state index < -0.39 is 0 Å². The summed E-state index contributed by atoms with van der Waals surface area (Å²) >= 11 is 0. The number of hydrogen-bond acceptors (Lipinski definition) is 2. The van der Waals surface area contributed by atoms with Crippen LogP contribution >= 0.6 is 0 Å². The van der Waals surface area contributed by atoms with Crippen LogP contribution in [0.4, 0.5) is 5.69 Å². The lowest BCUT2D eigenvalue weighted by atomic mass is 10.0. The minimum atomic E-state index is -0.186. The van der Waals surface area contributed by atoms with Crippen molar-refractivity contribution in [1.82, 2.24) is 0 Å². The highest BCUT2D eigenvalue weighted by atomic mass is 16.1. The molecule has 0 atom stereocenters. The summed E-state index contributed by atoms with van der Waals surface area (Å²) < 4.78 is 0. The maximum Gasteiger partial charge on any atom is 0.270 e. The highest BCUT2D eigenvalue weighted by Gasteiger charge is 2.15. The number of nitrogens with zero attached hydrogens (tertiary/aromatic N) is 2. The largest absolute Gasteiger partial charge is 0.270 e. The average Bonchev–Trinajstić information content (AvgIpc) is 2.52. The van der Waals surface area contributed by atoms with E-state index in [9.17, 15) is 4.79 Å². The van der Waals surface area contributed by atoms with Gasteiger partial charge in [0.15, 0.2) is 0 Å². The summed E-state index contributed by atoms with van der Waals surface area (Å²) in [6, 6.07) is 3.99. The third-order valence-electron chi connectivity index (χ3n) is 3.34. The molecular formula is C14H12N2O. The molecule has 1 amide bonds. The van der Waals surface area contributed by atoms with Crippen molar-refractivity contribution in [3.05, 3.63) is 34.3 Å². The molecule has 2 aliphatic rings. The van der Waals surface area contributed by atoms with Gasteiger partial charge in [0.2, 0.25) is 0 Å². The second kappa shape index (κ2) is 3.23. The Bertz CT molecular complexity index is 736. The second-order valence-electron chi connectivity index (χ2n) is 4.49. The Balaban J connectivity index is 2.43. The third kappa shape index (κ3) is 1.39. The molecule has 0 aromatic heterocycles. The predicted molar refractivity (Wildman–Crippen MR) is 67.7 cm³/mol. The monoisotopic (exact) mass is 224 g/mol.